The fraction of sp³-hybridized carbons (Fsp3) is 0.316. The summed E-state index contributed by atoms with van der Waals surface area (Å²) in [5.74, 6) is 0.0449. The van der Waals surface area contributed by atoms with Crippen LogP contribution in [0, 0.1) is 0 Å². The highest BCUT2D eigenvalue weighted by Crippen LogP contribution is 2.12. The Hall–Kier alpha value is -1.89. The van der Waals surface area contributed by atoms with Crippen LogP contribution in [0.2, 0.25) is 5.02 Å². The van der Waals surface area contributed by atoms with Crippen molar-refractivity contribution in [3.8, 4) is 0 Å². The molecule has 0 fully saturated rings. The topological polar surface area (TPSA) is 89.3 Å². The summed E-state index contributed by atoms with van der Waals surface area (Å²) in [6.45, 7) is 0.594. The molecular formula is C19H23ClN2O3S. The van der Waals surface area contributed by atoms with Crippen molar-refractivity contribution in [3.05, 3.63) is 64.7 Å². The summed E-state index contributed by atoms with van der Waals surface area (Å²) in [5, 5.41) is 8.69. The van der Waals surface area contributed by atoms with Crippen molar-refractivity contribution in [2.45, 2.75) is 37.0 Å². The minimum atomic E-state index is -3.65. The third kappa shape index (κ3) is 7.15. The van der Waals surface area contributed by atoms with Gasteiger partial charge in [0.25, 0.3) is 0 Å². The van der Waals surface area contributed by atoms with Crippen LogP contribution in [0.3, 0.4) is 0 Å². The molecule has 0 aromatic heterocycles. The quantitative estimate of drug-likeness (QED) is 0.640. The van der Waals surface area contributed by atoms with Crippen LogP contribution in [-0.4, -0.2) is 20.9 Å². The largest absolute Gasteiger partial charge is 0.356 e. The lowest BCUT2D eigenvalue weighted by atomic mass is 10.1. The van der Waals surface area contributed by atoms with Crippen molar-refractivity contribution in [1.29, 1.82) is 0 Å². The minimum absolute atomic E-state index is 0.0449. The number of nitrogens with one attached hydrogen (secondary N) is 1. The number of primary sulfonamides is 1. The van der Waals surface area contributed by atoms with Crippen LogP contribution in [0.5, 0.6) is 0 Å². The molecule has 5 nitrogen and oxygen atoms in total. The third-order valence-corrected chi connectivity index (χ3v) is 5.18. The van der Waals surface area contributed by atoms with E-state index in [2.05, 4.69) is 5.32 Å². The highest BCUT2D eigenvalue weighted by Gasteiger charge is 2.06. The van der Waals surface area contributed by atoms with Crippen molar-refractivity contribution in [3.63, 3.8) is 0 Å². The van der Waals surface area contributed by atoms with Gasteiger partial charge in [0.05, 0.1) is 4.90 Å². The molecule has 0 aliphatic rings. The van der Waals surface area contributed by atoms with E-state index >= 15 is 0 Å². The molecule has 0 bridgehead atoms. The second-order valence-electron chi connectivity index (χ2n) is 6.12. The van der Waals surface area contributed by atoms with Crippen LogP contribution in [0.1, 0.15) is 30.4 Å². The molecule has 0 radical (unpaired) electrons. The van der Waals surface area contributed by atoms with Gasteiger partial charge in [0, 0.05) is 18.0 Å². The first-order valence-corrected chi connectivity index (χ1v) is 10.4. The lowest BCUT2D eigenvalue weighted by Crippen LogP contribution is -2.24. The molecule has 7 heteroatoms. The number of hydrogen-bond acceptors (Lipinski definition) is 3. The van der Waals surface area contributed by atoms with E-state index in [4.69, 9.17) is 16.7 Å². The van der Waals surface area contributed by atoms with Gasteiger partial charge in [-0.1, -0.05) is 35.9 Å². The van der Waals surface area contributed by atoms with E-state index in [-0.39, 0.29) is 10.8 Å². The summed E-state index contributed by atoms with van der Waals surface area (Å²) in [5.41, 5.74) is 2.18. The first-order valence-electron chi connectivity index (χ1n) is 8.47. The molecule has 2 aromatic carbocycles. The second-order valence-corrected chi connectivity index (χ2v) is 8.12. The van der Waals surface area contributed by atoms with Crippen LogP contribution >= 0.6 is 11.6 Å². The Morgan fingerprint density at radius 1 is 0.923 bits per heavy atom. The van der Waals surface area contributed by atoms with Gasteiger partial charge >= 0.3 is 0 Å². The van der Waals surface area contributed by atoms with E-state index in [0.717, 1.165) is 31.2 Å². The van der Waals surface area contributed by atoms with Gasteiger partial charge < -0.3 is 5.32 Å². The first kappa shape index (κ1) is 20.4. The average molecular weight is 395 g/mol. The maximum Gasteiger partial charge on any atom is 0.238 e. The summed E-state index contributed by atoms with van der Waals surface area (Å²) >= 11 is 5.84. The van der Waals surface area contributed by atoms with Crippen molar-refractivity contribution in [2.24, 2.45) is 5.14 Å². The van der Waals surface area contributed by atoms with Gasteiger partial charge in [-0.2, -0.15) is 0 Å². The fourth-order valence-electron chi connectivity index (χ4n) is 2.56. The highest BCUT2D eigenvalue weighted by molar-refractivity contribution is 7.89. The zero-order valence-electron chi connectivity index (χ0n) is 14.4. The van der Waals surface area contributed by atoms with Crippen LogP contribution < -0.4 is 10.5 Å². The molecule has 0 saturated heterocycles. The Morgan fingerprint density at radius 2 is 1.46 bits per heavy atom. The number of halogens is 1. The van der Waals surface area contributed by atoms with Gasteiger partial charge in [0.2, 0.25) is 15.9 Å². The Morgan fingerprint density at radius 3 is 2.04 bits per heavy atom. The number of carbonyl (C=O) groups excluding carboxylic acids is 1. The molecule has 2 aromatic rings. The van der Waals surface area contributed by atoms with Crippen molar-refractivity contribution in [2.75, 3.05) is 6.54 Å². The summed E-state index contributed by atoms with van der Waals surface area (Å²) in [7, 11) is -3.65. The molecule has 140 valence electrons. The molecule has 0 aliphatic carbocycles. The van der Waals surface area contributed by atoms with Crippen LogP contribution in [0.25, 0.3) is 0 Å². The maximum atomic E-state index is 11.8. The lowest BCUT2D eigenvalue weighted by Gasteiger charge is -2.06. The summed E-state index contributed by atoms with van der Waals surface area (Å²) in [4.78, 5) is 11.9. The zero-order chi connectivity index (χ0) is 19.0. The molecule has 0 atom stereocenters. The predicted molar refractivity (Wildman–Crippen MR) is 104 cm³/mol. The molecule has 1 amide bonds. The van der Waals surface area contributed by atoms with Crippen molar-refractivity contribution >= 4 is 27.5 Å². The van der Waals surface area contributed by atoms with Crippen molar-refractivity contribution < 1.29 is 13.2 Å². The monoisotopic (exact) mass is 394 g/mol. The lowest BCUT2D eigenvalue weighted by molar-refractivity contribution is -0.121. The molecule has 0 aliphatic heterocycles. The van der Waals surface area contributed by atoms with Gasteiger partial charge in [-0.05, 0) is 61.1 Å². The molecule has 3 N–H and O–H groups in total. The van der Waals surface area contributed by atoms with Gasteiger partial charge in [0.15, 0.2) is 0 Å². The molecule has 0 unspecified atom stereocenters. The van der Waals surface area contributed by atoms with Crippen LogP contribution in [0.4, 0.5) is 0 Å². The minimum Gasteiger partial charge on any atom is -0.356 e. The Balaban J connectivity index is 1.61. The van der Waals surface area contributed by atoms with Gasteiger partial charge in [-0.3, -0.25) is 4.79 Å². The molecule has 0 heterocycles. The number of benzene rings is 2. The van der Waals surface area contributed by atoms with Gasteiger partial charge in [-0.15, -0.1) is 0 Å². The number of aryl methyl sites for hydroxylation is 2. The number of amides is 1. The summed E-state index contributed by atoms with van der Waals surface area (Å²) in [6.07, 6.45) is 3.68. The van der Waals surface area contributed by atoms with E-state index in [1.54, 1.807) is 12.1 Å². The number of nitrogens with two attached hydrogens (primary N) is 1. The summed E-state index contributed by atoms with van der Waals surface area (Å²) < 4.78 is 22.4. The third-order valence-electron chi connectivity index (χ3n) is 4.00. The van der Waals surface area contributed by atoms with Crippen LogP contribution in [0.15, 0.2) is 53.4 Å². The number of hydrogen-bond donors (Lipinski definition) is 2. The Kier molecular flexibility index (Phi) is 7.63. The average Bonchev–Trinajstić information content (AvgIpc) is 2.60. The van der Waals surface area contributed by atoms with E-state index in [9.17, 15) is 13.2 Å². The van der Waals surface area contributed by atoms with Crippen LogP contribution in [-0.2, 0) is 27.7 Å². The first-order chi connectivity index (χ1) is 12.3. The van der Waals surface area contributed by atoms with Gasteiger partial charge in [0.1, 0.15) is 0 Å². The zero-order valence-corrected chi connectivity index (χ0v) is 16.0. The number of sulfonamides is 1. The standard InChI is InChI=1S/C19H23ClN2O3S/c20-17-10-6-15(7-11-17)3-1-5-19(23)22-14-2-4-16-8-12-18(13-9-16)26(21,24)25/h6-13H,1-5,14H2,(H,22,23)(H2,21,24,25). The SMILES string of the molecule is NS(=O)(=O)c1ccc(CCCNC(=O)CCCc2ccc(Cl)cc2)cc1. The van der Waals surface area contributed by atoms with Gasteiger partial charge in [-0.25, -0.2) is 13.6 Å². The number of rotatable bonds is 9. The predicted octanol–water partition coefficient (Wildman–Crippen LogP) is 3.06. The second kappa shape index (κ2) is 9.71. The molecular weight excluding hydrogens is 372 g/mol. The van der Waals surface area contributed by atoms with E-state index < -0.39 is 10.0 Å². The molecule has 2 rings (SSSR count). The molecule has 0 spiro atoms. The maximum absolute atomic E-state index is 11.8. The molecule has 26 heavy (non-hydrogen) atoms. The normalized spacial score (nSPS) is 11.3. The highest BCUT2D eigenvalue weighted by atomic mass is 35.5. The number of carbonyl (C=O) groups is 1. The summed E-state index contributed by atoms with van der Waals surface area (Å²) in [6, 6.07) is 14.1. The van der Waals surface area contributed by atoms with E-state index in [1.165, 1.54) is 17.7 Å². The smallest absolute Gasteiger partial charge is 0.238 e. The van der Waals surface area contributed by atoms with Crippen molar-refractivity contribution in [1.82, 2.24) is 5.32 Å². The van der Waals surface area contributed by atoms with E-state index in [1.807, 2.05) is 24.3 Å². The fourth-order valence-corrected chi connectivity index (χ4v) is 3.20. The van der Waals surface area contributed by atoms with E-state index in [0.29, 0.717) is 18.0 Å². The Bertz CT molecular complexity index is 819. The Labute approximate surface area is 159 Å². The molecule has 0 saturated carbocycles.